The van der Waals surface area contributed by atoms with E-state index in [-0.39, 0.29) is 25.1 Å². The van der Waals surface area contributed by atoms with Crippen LogP contribution in [0.1, 0.15) is 329 Å². The fourth-order valence-corrected chi connectivity index (χ4v) is 10.7. The number of rotatable bonds is 62. The predicted octanol–water partition coefficient (Wildman–Crippen LogP) is 21.2. The SMILES string of the molecule is CCCCC/C=C\C/C=C\C/C=C\CCCCCCCCCCCCCCCCC(=O)NC(COP(=O)(O)OCC[N+](C)(C)C)C(/C=C\CCCCCCCCCCCC)OC(=O)CCCCCCCCCCCCCCCC. The first-order valence-corrected chi connectivity index (χ1v) is 35.5. The van der Waals surface area contributed by atoms with E-state index in [2.05, 4.69) is 62.5 Å². The summed E-state index contributed by atoms with van der Waals surface area (Å²) in [6.07, 6.45) is 74.0. The molecule has 0 aliphatic heterocycles. The van der Waals surface area contributed by atoms with E-state index in [9.17, 15) is 19.0 Å². The first kappa shape index (κ1) is 77.0. The number of likely N-dealkylation sites (N-methyl/N-ethyl adjacent to an activating group) is 1. The molecule has 3 unspecified atom stereocenters. The number of quaternary nitrogens is 1. The minimum Gasteiger partial charge on any atom is -0.456 e. The number of carbonyl (C=O) groups is 2. The number of carbonyl (C=O) groups excluding carboxylic acids is 2. The van der Waals surface area contributed by atoms with Gasteiger partial charge in [-0.15, -0.1) is 0 Å². The largest absolute Gasteiger partial charge is 0.472 e. The van der Waals surface area contributed by atoms with E-state index < -0.39 is 20.0 Å². The van der Waals surface area contributed by atoms with Crippen LogP contribution in [0.25, 0.3) is 0 Å². The van der Waals surface area contributed by atoms with Gasteiger partial charge in [-0.05, 0) is 70.3 Å². The smallest absolute Gasteiger partial charge is 0.456 e. The van der Waals surface area contributed by atoms with Crippen molar-refractivity contribution in [3.8, 4) is 0 Å². The molecule has 0 heterocycles. The van der Waals surface area contributed by atoms with Crippen molar-refractivity contribution < 1.29 is 37.3 Å². The fourth-order valence-electron chi connectivity index (χ4n) is 10.0. The molecule has 0 aromatic rings. The quantitative estimate of drug-likeness (QED) is 0.0205. The Kier molecular flexibility index (Phi) is 57.6. The minimum absolute atomic E-state index is 0.0422. The Balaban J connectivity index is 5.00. The topological polar surface area (TPSA) is 111 Å². The van der Waals surface area contributed by atoms with Gasteiger partial charge in [0.25, 0.3) is 0 Å². The summed E-state index contributed by atoms with van der Waals surface area (Å²) < 4.78 is 30.8. The molecular weight excluding hydrogens is 1000 g/mol. The van der Waals surface area contributed by atoms with Crippen molar-refractivity contribution in [2.45, 2.75) is 341 Å². The highest BCUT2D eigenvalue weighted by Gasteiger charge is 2.30. The predicted molar refractivity (Wildman–Crippen MR) is 342 cm³/mol. The van der Waals surface area contributed by atoms with E-state index in [0.717, 1.165) is 70.6 Å². The molecule has 0 rings (SSSR count). The van der Waals surface area contributed by atoms with Crippen LogP contribution in [-0.4, -0.2) is 74.3 Å². The molecule has 1 amide bonds. The van der Waals surface area contributed by atoms with Crippen molar-refractivity contribution in [2.24, 2.45) is 0 Å². The molecule has 464 valence electrons. The number of amides is 1. The van der Waals surface area contributed by atoms with Gasteiger partial charge in [-0.25, -0.2) is 4.57 Å². The van der Waals surface area contributed by atoms with Crippen LogP contribution in [0.15, 0.2) is 48.6 Å². The molecular formula is C69H132N2O7P+. The molecule has 0 aromatic carbocycles. The zero-order chi connectivity index (χ0) is 57.9. The first-order valence-electron chi connectivity index (χ1n) is 34.0. The van der Waals surface area contributed by atoms with Gasteiger partial charge >= 0.3 is 13.8 Å². The zero-order valence-corrected chi connectivity index (χ0v) is 54.0. The Bertz CT molecular complexity index is 1490. The van der Waals surface area contributed by atoms with Crippen LogP contribution in [0.2, 0.25) is 0 Å². The van der Waals surface area contributed by atoms with Crippen molar-refractivity contribution in [3.63, 3.8) is 0 Å². The van der Waals surface area contributed by atoms with Crippen LogP contribution >= 0.6 is 7.82 Å². The monoisotopic (exact) mass is 1130 g/mol. The average Bonchev–Trinajstić information content (AvgIpc) is 3.41. The molecule has 0 bridgehead atoms. The van der Waals surface area contributed by atoms with Gasteiger partial charge < -0.3 is 19.4 Å². The van der Waals surface area contributed by atoms with Crippen LogP contribution in [0.4, 0.5) is 0 Å². The van der Waals surface area contributed by atoms with E-state index >= 15 is 0 Å². The standard InChI is InChI=1S/C69H131N2O7P/c1-7-10-13-16-19-22-25-28-30-31-32-33-34-35-36-37-38-39-40-41-42-43-46-49-52-55-58-61-68(72)70-66(65-77-79(74,75)76-64-63-71(4,5)6)67(60-57-54-51-48-45-27-24-21-18-15-12-9-3)78-69(73)62-59-56-53-50-47-44-29-26-23-20-17-14-11-8-2/h19,22,28,30,32-33,57,60,66-67H,7-18,20-21,23-27,29,31,34-56,58-59,61-65H2,1-6H3,(H-,70,72,74,75)/p+1/b22-19-,30-28-,33-32-,60-57-. The van der Waals surface area contributed by atoms with E-state index in [1.54, 1.807) is 0 Å². The molecule has 0 aliphatic rings. The number of nitrogens with zero attached hydrogens (tertiary/aromatic N) is 1. The summed E-state index contributed by atoms with van der Waals surface area (Å²) in [5.41, 5.74) is 0. The van der Waals surface area contributed by atoms with Crippen LogP contribution in [0.3, 0.4) is 0 Å². The van der Waals surface area contributed by atoms with Crippen molar-refractivity contribution in [1.29, 1.82) is 0 Å². The molecule has 0 saturated heterocycles. The van der Waals surface area contributed by atoms with Gasteiger partial charge in [0.1, 0.15) is 19.3 Å². The lowest BCUT2D eigenvalue weighted by atomic mass is 10.0. The Morgan fingerprint density at radius 1 is 0.443 bits per heavy atom. The lowest BCUT2D eigenvalue weighted by Crippen LogP contribution is -2.47. The summed E-state index contributed by atoms with van der Waals surface area (Å²) in [5, 5.41) is 3.07. The summed E-state index contributed by atoms with van der Waals surface area (Å²) in [5.74, 6) is -0.491. The lowest BCUT2D eigenvalue weighted by Gasteiger charge is -2.27. The maximum Gasteiger partial charge on any atom is 0.472 e. The number of allylic oxidation sites excluding steroid dienone is 7. The van der Waals surface area contributed by atoms with Crippen LogP contribution in [0, 0.1) is 0 Å². The van der Waals surface area contributed by atoms with E-state index in [0.29, 0.717) is 23.9 Å². The van der Waals surface area contributed by atoms with Gasteiger partial charge in [0.15, 0.2) is 0 Å². The normalized spacial score (nSPS) is 13.9. The van der Waals surface area contributed by atoms with E-state index in [1.807, 2.05) is 33.3 Å². The van der Waals surface area contributed by atoms with E-state index in [4.69, 9.17) is 13.8 Å². The second-order valence-corrected chi connectivity index (χ2v) is 25.8. The fraction of sp³-hybridized carbons (Fsp3) is 0.855. The van der Waals surface area contributed by atoms with Gasteiger partial charge in [0.05, 0.1) is 33.8 Å². The molecule has 3 atom stereocenters. The molecule has 79 heavy (non-hydrogen) atoms. The van der Waals surface area contributed by atoms with Crippen LogP contribution < -0.4 is 5.32 Å². The second-order valence-electron chi connectivity index (χ2n) is 24.4. The zero-order valence-electron chi connectivity index (χ0n) is 53.1. The lowest BCUT2D eigenvalue weighted by molar-refractivity contribution is -0.870. The number of unbranched alkanes of at least 4 members (excludes halogenated alkanes) is 40. The number of hydrogen-bond acceptors (Lipinski definition) is 6. The molecule has 2 N–H and O–H groups in total. The number of phosphoric acid groups is 1. The third-order valence-electron chi connectivity index (χ3n) is 15.3. The van der Waals surface area contributed by atoms with Gasteiger partial charge in [0, 0.05) is 12.8 Å². The number of ether oxygens (including phenoxy) is 1. The molecule has 0 aliphatic carbocycles. The third-order valence-corrected chi connectivity index (χ3v) is 16.3. The summed E-state index contributed by atoms with van der Waals surface area (Å²) in [6.45, 7) is 7.02. The number of nitrogens with one attached hydrogen (secondary N) is 1. The molecule has 0 radical (unpaired) electrons. The summed E-state index contributed by atoms with van der Waals surface area (Å²) >= 11 is 0. The third kappa shape index (κ3) is 60.4. The molecule has 0 fully saturated rings. The maximum absolute atomic E-state index is 13.6. The van der Waals surface area contributed by atoms with Crippen LogP contribution in [-0.2, 0) is 27.9 Å². The van der Waals surface area contributed by atoms with Gasteiger partial charge in [-0.1, -0.05) is 294 Å². The second kappa shape index (κ2) is 59.1. The highest BCUT2D eigenvalue weighted by molar-refractivity contribution is 7.47. The van der Waals surface area contributed by atoms with Crippen molar-refractivity contribution in [3.05, 3.63) is 48.6 Å². The Morgan fingerprint density at radius 2 is 0.772 bits per heavy atom. The summed E-state index contributed by atoms with van der Waals surface area (Å²) in [6, 6.07) is -0.845. The summed E-state index contributed by atoms with van der Waals surface area (Å²) in [4.78, 5) is 37.8. The van der Waals surface area contributed by atoms with Crippen LogP contribution in [0.5, 0.6) is 0 Å². The maximum atomic E-state index is 13.6. The van der Waals surface area contributed by atoms with Gasteiger partial charge in [0.2, 0.25) is 5.91 Å². The number of esters is 1. The van der Waals surface area contributed by atoms with Crippen molar-refractivity contribution in [1.82, 2.24) is 5.32 Å². The first-order chi connectivity index (χ1) is 38.4. The summed E-state index contributed by atoms with van der Waals surface area (Å²) in [7, 11) is 1.51. The Hall–Kier alpha value is -2.03. The number of hydrogen-bond donors (Lipinski definition) is 2. The molecule has 0 saturated carbocycles. The highest BCUT2D eigenvalue weighted by Crippen LogP contribution is 2.43. The number of phosphoric ester groups is 1. The van der Waals surface area contributed by atoms with Gasteiger partial charge in [-0.2, -0.15) is 0 Å². The van der Waals surface area contributed by atoms with Crippen molar-refractivity contribution >= 4 is 19.7 Å². The Labute approximate surface area is 490 Å². The minimum atomic E-state index is -4.45. The molecule has 0 aromatic heterocycles. The van der Waals surface area contributed by atoms with E-state index in [1.165, 1.54) is 225 Å². The van der Waals surface area contributed by atoms with Gasteiger partial charge in [-0.3, -0.25) is 18.6 Å². The molecule has 10 heteroatoms. The average molecular weight is 1130 g/mol. The Morgan fingerprint density at radius 3 is 1.18 bits per heavy atom. The highest BCUT2D eigenvalue weighted by atomic mass is 31.2. The molecule has 0 spiro atoms. The van der Waals surface area contributed by atoms with Crippen molar-refractivity contribution in [2.75, 3.05) is 40.9 Å². The molecule has 9 nitrogen and oxygen atoms in total.